The van der Waals surface area contributed by atoms with E-state index in [4.69, 9.17) is 5.11 Å². The molecule has 1 aromatic carbocycles. The van der Waals surface area contributed by atoms with Gasteiger partial charge >= 0.3 is 11.7 Å². The van der Waals surface area contributed by atoms with Crippen molar-refractivity contribution in [2.24, 2.45) is 0 Å². The van der Waals surface area contributed by atoms with Crippen LogP contribution in [-0.2, 0) is 11.3 Å². The van der Waals surface area contributed by atoms with E-state index in [-0.39, 0.29) is 11.5 Å². The molecule has 1 atom stereocenters. The molecular weight excluding hydrogens is 310 g/mol. The molecule has 8 nitrogen and oxygen atoms in total. The molecule has 2 aromatic heterocycles. The topological polar surface area (TPSA) is 113 Å². The number of carbonyl (C=O) groups is 1. The first-order valence-electron chi connectivity index (χ1n) is 7.44. The molecule has 0 amide bonds. The molecular formula is C16H17N5O3. The number of aryl methyl sites for hydroxylation is 1. The van der Waals surface area contributed by atoms with Crippen molar-refractivity contribution in [3.05, 3.63) is 52.2 Å². The van der Waals surface area contributed by atoms with Gasteiger partial charge in [-0.15, -0.1) is 0 Å². The lowest BCUT2D eigenvalue weighted by molar-refractivity contribution is -0.137. The third-order valence-corrected chi connectivity index (χ3v) is 3.74. The summed E-state index contributed by atoms with van der Waals surface area (Å²) in [6, 6.07) is 7.02. The Labute approximate surface area is 137 Å². The predicted molar refractivity (Wildman–Crippen MR) is 89.2 cm³/mol. The van der Waals surface area contributed by atoms with E-state index in [2.05, 4.69) is 20.3 Å². The number of carboxylic acid groups (broad SMARTS) is 1. The second-order valence-electron chi connectivity index (χ2n) is 5.63. The largest absolute Gasteiger partial charge is 0.480 e. The fraction of sp³-hybridized carbons (Fsp3) is 0.250. The summed E-state index contributed by atoms with van der Waals surface area (Å²) in [6.07, 6.45) is 1.30. The monoisotopic (exact) mass is 327 g/mol. The van der Waals surface area contributed by atoms with Gasteiger partial charge in [-0.1, -0.05) is 29.8 Å². The number of benzene rings is 1. The number of carboxylic acids is 1. The molecule has 0 radical (unpaired) electrons. The molecule has 8 heteroatoms. The Morgan fingerprint density at radius 3 is 2.71 bits per heavy atom. The summed E-state index contributed by atoms with van der Waals surface area (Å²) >= 11 is 0. The summed E-state index contributed by atoms with van der Waals surface area (Å²) in [7, 11) is 0. The minimum absolute atomic E-state index is 0.287. The summed E-state index contributed by atoms with van der Waals surface area (Å²) in [5.41, 5.74) is 2.60. The van der Waals surface area contributed by atoms with Gasteiger partial charge in [0.25, 0.3) is 0 Å². The number of aliphatic carboxylic acids is 1. The van der Waals surface area contributed by atoms with E-state index in [9.17, 15) is 9.59 Å². The highest BCUT2D eigenvalue weighted by molar-refractivity contribution is 5.85. The lowest BCUT2D eigenvalue weighted by Gasteiger charge is -2.10. The zero-order valence-corrected chi connectivity index (χ0v) is 13.3. The molecule has 24 heavy (non-hydrogen) atoms. The van der Waals surface area contributed by atoms with Crippen molar-refractivity contribution in [3.63, 3.8) is 0 Å². The number of hydrogen-bond donors (Lipinski definition) is 3. The zero-order valence-electron chi connectivity index (χ0n) is 13.3. The van der Waals surface area contributed by atoms with Crippen LogP contribution in [0.15, 0.2) is 35.4 Å². The number of fused-ring (bicyclic) bond motifs is 1. The maximum absolute atomic E-state index is 12.3. The summed E-state index contributed by atoms with van der Waals surface area (Å²) in [5, 5.41) is 11.8. The highest BCUT2D eigenvalue weighted by Gasteiger charge is 2.17. The van der Waals surface area contributed by atoms with Crippen LogP contribution in [0.3, 0.4) is 0 Å². The Kier molecular flexibility index (Phi) is 4.03. The molecule has 0 spiro atoms. The van der Waals surface area contributed by atoms with Gasteiger partial charge in [0.15, 0.2) is 11.5 Å². The van der Waals surface area contributed by atoms with Gasteiger partial charge in [-0.3, -0.25) is 9.36 Å². The predicted octanol–water partition coefficient (Wildman–Crippen LogP) is 1.36. The highest BCUT2D eigenvalue weighted by atomic mass is 16.4. The maximum atomic E-state index is 12.3. The van der Waals surface area contributed by atoms with Gasteiger partial charge in [-0.05, 0) is 19.4 Å². The average Bonchev–Trinajstić information content (AvgIpc) is 2.86. The average molecular weight is 327 g/mol. The number of nitrogens with one attached hydrogen (secondary N) is 2. The molecule has 124 valence electrons. The fourth-order valence-corrected chi connectivity index (χ4v) is 2.37. The lowest BCUT2D eigenvalue weighted by Crippen LogP contribution is -2.26. The van der Waals surface area contributed by atoms with E-state index in [1.54, 1.807) is 0 Å². The summed E-state index contributed by atoms with van der Waals surface area (Å²) in [4.78, 5) is 34.2. The van der Waals surface area contributed by atoms with E-state index < -0.39 is 12.0 Å². The smallest absolute Gasteiger partial charge is 0.328 e. The van der Waals surface area contributed by atoms with Crippen LogP contribution in [0.2, 0.25) is 0 Å². The number of aromatic amines is 1. The molecule has 3 N–H and O–H groups in total. The second-order valence-corrected chi connectivity index (χ2v) is 5.63. The second kappa shape index (κ2) is 6.15. The van der Waals surface area contributed by atoms with Gasteiger partial charge in [-0.25, -0.2) is 14.8 Å². The van der Waals surface area contributed by atoms with Crippen LogP contribution in [-0.4, -0.2) is 36.6 Å². The van der Waals surface area contributed by atoms with Gasteiger partial charge in [-0.2, -0.15) is 0 Å². The van der Waals surface area contributed by atoms with Crippen LogP contribution in [0.1, 0.15) is 18.1 Å². The Morgan fingerprint density at radius 1 is 1.33 bits per heavy atom. The van der Waals surface area contributed by atoms with E-state index in [0.29, 0.717) is 17.7 Å². The van der Waals surface area contributed by atoms with Crippen LogP contribution in [0.25, 0.3) is 11.2 Å². The Balaban J connectivity index is 2.01. The van der Waals surface area contributed by atoms with E-state index in [0.717, 1.165) is 11.1 Å². The molecule has 0 unspecified atom stereocenters. The molecule has 0 aliphatic rings. The van der Waals surface area contributed by atoms with Crippen molar-refractivity contribution in [1.29, 1.82) is 0 Å². The fourth-order valence-electron chi connectivity index (χ4n) is 2.37. The van der Waals surface area contributed by atoms with Gasteiger partial charge in [0.1, 0.15) is 17.9 Å². The maximum Gasteiger partial charge on any atom is 0.328 e. The standard InChI is InChI=1S/C16H17N5O3/c1-9-3-5-11(6-4-9)7-21-14-12(20-16(21)24)13(17-8-18-14)19-10(2)15(22)23/h3-6,8,10H,7H2,1-2H3,(H,20,24)(H,22,23)(H,17,18,19)/t10-/m0/s1. The minimum Gasteiger partial charge on any atom is -0.480 e. The quantitative estimate of drug-likeness (QED) is 0.652. The van der Waals surface area contributed by atoms with Crippen LogP contribution < -0.4 is 11.0 Å². The van der Waals surface area contributed by atoms with E-state index in [1.165, 1.54) is 17.8 Å². The Bertz CT molecular complexity index is 942. The van der Waals surface area contributed by atoms with Gasteiger partial charge in [0.2, 0.25) is 0 Å². The van der Waals surface area contributed by atoms with Crippen LogP contribution in [0.5, 0.6) is 0 Å². The van der Waals surface area contributed by atoms with Crippen molar-refractivity contribution in [1.82, 2.24) is 19.5 Å². The molecule has 0 aliphatic heterocycles. The zero-order chi connectivity index (χ0) is 17.3. The van der Waals surface area contributed by atoms with Crippen molar-refractivity contribution in [2.45, 2.75) is 26.4 Å². The van der Waals surface area contributed by atoms with E-state index >= 15 is 0 Å². The number of rotatable bonds is 5. The summed E-state index contributed by atoms with van der Waals surface area (Å²) < 4.78 is 1.50. The molecule has 0 fully saturated rings. The number of nitrogens with zero attached hydrogens (tertiary/aromatic N) is 3. The number of H-pyrrole nitrogens is 1. The number of anilines is 1. The van der Waals surface area contributed by atoms with E-state index in [1.807, 2.05) is 31.2 Å². The third kappa shape index (κ3) is 2.98. The van der Waals surface area contributed by atoms with Crippen LogP contribution in [0.4, 0.5) is 5.82 Å². The molecule has 3 aromatic rings. The lowest BCUT2D eigenvalue weighted by atomic mass is 10.1. The first-order valence-corrected chi connectivity index (χ1v) is 7.44. The Hall–Kier alpha value is -3.16. The van der Waals surface area contributed by atoms with Gasteiger partial charge in [0.05, 0.1) is 6.54 Å². The van der Waals surface area contributed by atoms with Gasteiger partial charge < -0.3 is 15.4 Å². The first kappa shape index (κ1) is 15.7. The number of aromatic nitrogens is 4. The van der Waals surface area contributed by atoms with Crippen LogP contribution >= 0.6 is 0 Å². The normalized spacial score (nSPS) is 12.2. The summed E-state index contributed by atoms with van der Waals surface area (Å²) in [6.45, 7) is 3.86. The van der Waals surface area contributed by atoms with Crippen molar-refractivity contribution < 1.29 is 9.90 Å². The molecule has 0 aliphatic carbocycles. The van der Waals surface area contributed by atoms with Crippen LogP contribution in [0, 0.1) is 6.92 Å². The first-order chi connectivity index (χ1) is 11.5. The third-order valence-electron chi connectivity index (χ3n) is 3.74. The number of hydrogen-bond acceptors (Lipinski definition) is 5. The highest BCUT2D eigenvalue weighted by Crippen LogP contribution is 2.17. The molecule has 3 rings (SSSR count). The SMILES string of the molecule is Cc1ccc(Cn2c(=O)[nH]c3c(N[C@@H](C)C(=O)O)ncnc32)cc1. The minimum atomic E-state index is -1.01. The Morgan fingerprint density at radius 2 is 2.04 bits per heavy atom. The molecule has 0 bridgehead atoms. The number of imidazole rings is 1. The summed E-state index contributed by atoms with van der Waals surface area (Å²) in [5.74, 6) is -0.724. The van der Waals surface area contributed by atoms with Crippen molar-refractivity contribution >= 4 is 23.0 Å². The molecule has 0 saturated carbocycles. The van der Waals surface area contributed by atoms with Crippen molar-refractivity contribution in [2.75, 3.05) is 5.32 Å². The molecule has 0 saturated heterocycles. The molecule has 2 heterocycles. The van der Waals surface area contributed by atoms with Crippen molar-refractivity contribution in [3.8, 4) is 0 Å². The van der Waals surface area contributed by atoms with Gasteiger partial charge in [0, 0.05) is 0 Å².